The maximum Gasteiger partial charge on any atom is 0.337 e. The highest BCUT2D eigenvalue weighted by atomic mass is 16.4. The summed E-state index contributed by atoms with van der Waals surface area (Å²) >= 11 is 0. The summed E-state index contributed by atoms with van der Waals surface area (Å²) in [7, 11) is 0. The summed E-state index contributed by atoms with van der Waals surface area (Å²) < 4.78 is 0. The number of aromatic carboxylic acids is 1. The molecular weight excluding hydrogens is 202 g/mol. The van der Waals surface area contributed by atoms with Gasteiger partial charge in [0.25, 0.3) is 0 Å². The Morgan fingerprint density at radius 2 is 2.31 bits per heavy atom. The smallest absolute Gasteiger partial charge is 0.337 e. The number of rotatable bonds is 4. The second-order valence-corrected chi connectivity index (χ2v) is 4.51. The lowest BCUT2D eigenvalue weighted by Gasteiger charge is -2.10. The molecule has 16 heavy (non-hydrogen) atoms. The molecule has 0 heterocycles. The first-order valence-corrected chi connectivity index (χ1v) is 5.72. The van der Waals surface area contributed by atoms with Crippen molar-refractivity contribution in [3.63, 3.8) is 0 Å². The number of nitrogens with one attached hydrogen (secondary N) is 1. The SMILES string of the molecule is CCC1CC1Nc1cc(C)ccc1C(=O)O. The quantitative estimate of drug-likeness (QED) is 0.818. The minimum atomic E-state index is -0.865. The van der Waals surface area contributed by atoms with Crippen molar-refractivity contribution >= 4 is 11.7 Å². The van der Waals surface area contributed by atoms with Gasteiger partial charge in [-0.1, -0.05) is 19.4 Å². The topological polar surface area (TPSA) is 49.3 Å². The number of aryl methyl sites for hydroxylation is 1. The Kier molecular flexibility index (Phi) is 2.86. The van der Waals surface area contributed by atoms with Crippen LogP contribution in [0.15, 0.2) is 18.2 Å². The Hall–Kier alpha value is -1.51. The zero-order valence-corrected chi connectivity index (χ0v) is 9.66. The van der Waals surface area contributed by atoms with Crippen LogP contribution in [0.4, 0.5) is 5.69 Å². The van der Waals surface area contributed by atoms with Crippen molar-refractivity contribution in [3.05, 3.63) is 29.3 Å². The normalized spacial score (nSPS) is 22.9. The van der Waals surface area contributed by atoms with Gasteiger partial charge in [-0.25, -0.2) is 4.79 Å². The molecule has 2 atom stereocenters. The molecule has 0 spiro atoms. The molecule has 1 aromatic rings. The second kappa shape index (κ2) is 4.16. The molecule has 3 nitrogen and oxygen atoms in total. The Balaban J connectivity index is 2.18. The van der Waals surface area contributed by atoms with E-state index in [9.17, 15) is 4.79 Å². The summed E-state index contributed by atoms with van der Waals surface area (Å²) in [6, 6.07) is 5.88. The predicted octanol–water partition coefficient (Wildman–Crippen LogP) is 2.90. The molecule has 0 amide bonds. The summed E-state index contributed by atoms with van der Waals surface area (Å²) in [5, 5.41) is 12.4. The number of hydrogen-bond donors (Lipinski definition) is 2. The van der Waals surface area contributed by atoms with Crippen LogP contribution >= 0.6 is 0 Å². The Labute approximate surface area is 95.5 Å². The average Bonchev–Trinajstić information content (AvgIpc) is 2.96. The van der Waals surface area contributed by atoms with E-state index in [0.29, 0.717) is 17.5 Å². The maximum absolute atomic E-state index is 11.0. The van der Waals surface area contributed by atoms with Gasteiger partial charge in [-0.05, 0) is 37.0 Å². The van der Waals surface area contributed by atoms with Crippen LogP contribution in [0.1, 0.15) is 35.7 Å². The standard InChI is InChI=1S/C13H17NO2/c1-3-9-7-11(9)14-12-6-8(2)4-5-10(12)13(15)16/h4-6,9,11,14H,3,7H2,1-2H3,(H,15,16). The van der Waals surface area contributed by atoms with Gasteiger partial charge in [0.1, 0.15) is 0 Å². The van der Waals surface area contributed by atoms with E-state index in [1.54, 1.807) is 6.07 Å². The Morgan fingerprint density at radius 1 is 1.56 bits per heavy atom. The van der Waals surface area contributed by atoms with Crippen LogP contribution in [0.5, 0.6) is 0 Å². The third kappa shape index (κ3) is 2.18. The first-order chi connectivity index (χ1) is 7.61. The van der Waals surface area contributed by atoms with E-state index >= 15 is 0 Å². The molecule has 2 N–H and O–H groups in total. The van der Waals surface area contributed by atoms with Gasteiger partial charge in [0.2, 0.25) is 0 Å². The molecule has 2 unspecified atom stereocenters. The van der Waals surface area contributed by atoms with Crippen molar-refractivity contribution in [2.45, 2.75) is 32.7 Å². The lowest BCUT2D eigenvalue weighted by molar-refractivity contribution is 0.0698. The summed E-state index contributed by atoms with van der Waals surface area (Å²) in [6.45, 7) is 4.14. The van der Waals surface area contributed by atoms with Gasteiger partial charge >= 0.3 is 5.97 Å². The van der Waals surface area contributed by atoms with Gasteiger partial charge in [0.05, 0.1) is 5.56 Å². The molecule has 2 rings (SSSR count). The lowest BCUT2D eigenvalue weighted by atomic mass is 10.1. The number of hydrogen-bond acceptors (Lipinski definition) is 2. The third-order valence-corrected chi connectivity index (χ3v) is 3.19. The van der Waals surface area contributed by atoms with Gasteiger partial charge < -0.3 is 10.4 Å². The highest BCUT2D eigenvalue weighted by Crippen LogP contribution is 2.36. The molecular formula is C13H17NO2. The van der Waals surface area contributed by atoms with Gasteiger partial charge in [-0.15, -0.1) is 0 Å². The molecule has 1 saturated carbocycles. The second-order valence-electron chi connectivity index (χ2n) is 4.51. The number of carboxylic acid groups (broad SMARTS) is 1. The molecule has 86 valence electrons. The summed E-state index contributed by atoms with van der Waals surface area (Å²) in [6.07, 6.45) is 2.31. The van der Waals surface area contributed by atoms with Crippen LogP contribution < -0.4 is 5.32 Å². The van der Waals surface area contributed by atoms with Crippen LogP contribution in [-0.2, 0) is 0 Å². The number of carboxylic acids is 1. The van der Waals surface area contributed by atoms with Crippen LogP contribution in [0, 0.1) is 12.8 Å². The molecule has 0 aliphatic heterocycles. The lowest BCUT2D eigenvalue weighted by Crippen LogP contribution is -2.09. The van der Waals surface area contributed by atoms with Crippen molar-refractivity contribution in [2.24, 2.45) is 5.92 Å². The van der Waals surface area contributed by atoms with Crippen LogP contribution in [0.25, 0.3) is 0 Å². The molecule has 0 radical (unpaired) electrons. The predicted molar refractivity (Wildman–Crippen MR) is 63.9 cm³/mol. The van der Waals surface area contributed by atoms with Crippen molar-refractivity contribution in [2.75, 3.05) is 5.32 Å². The van der Waals surface area contributed by atoms with E-state index in [0.717, 1.165) is 24.1 Å². The fourth-order valence-electron chi connectivity index (χ4n) is 2.04. The Morgan fingerprint density at radius 3 is 2.88 bits per heavy atom. The van der Waals surface area contributed by atoms with Crippen molar-refractivity contribution < 1.29 is 9.90 Å². The van der Waals surface area contributed by atoms with Crippen LogP contribution in [0.2, 0.25) is 0 Å². The van der Waals surface area contributed by atoms with Gasteiger partial charge in [-0.2, -0.15) is 0 Å². The Bertz CT molecular complexity index is 414. The molecule has 1 aliphatic carbocycles. The summed E-state index contributed by atoms with van der Waals surface area (Å²) in [4.78, 5) is 11.0. The zero-order valence-electron chi connectivity index (χ0n) is 9.66. The average molecular weight is 219 g/mol. The zero-order chi connectivity index (χ0) is 11.7. The highest BCUT2D eigenvalue weighted by molar-refractivity contribution is 5.94. The van der Waals surface area contributed by atoms with E-state index in [1.165, 1.54) is 0 Å². The molecule has 0 saturated heterocycles. The maximum atomic E-state index is 11.0. The van der Waals surface area contributed by atoms with E-state index in [2.05, 4.69) is 12.2 Å². The van der Waals surface area contributed by atoms with Crippen molar-refractivity contribution in [1.29, 1.82) is 0 Å². The fourth-order valence-corrected chi connectivity index (χ4v) is 2.04. The highest BCUT2D eigenvalue weighted by Gasteiger charge is 2.35. The van der Waals surface area contributed by atoms with Gasteiger partial charge in [0, 0.05) is 11.7 Å². The van der Waals surface area contributed by atoms with E-state index < -0.39 is 5.97 Å². The number of benzene rings is 1. The largest absolute Gasteiger partial charge is 0.478 e. The molecule has 0 bridgehead atoms. The molecule has 3 heteroatoms. The monoisotopic (exact) mass is 219 g/mol. The van der Waals surface area contributed by atoms with Crippen molar-refractivity contribution in [1.82, 2.24) is 0 Å². The first-order valence-electron chi connectivity index (χ1n) is 5.72. The molecule has 1 fully saturated rings. The van der Waals surface area contributed by atoms with Crippen LogP contribution in [0.3, 0.4) is 0 Å². The van der Waals surface area contributed by atoms with E-state index in [4.69, 9.17) is 5.11 Å². The van der Waals surface area contributed by atoms with Crippen molar-refractivity contribution in [3.8, 4) is 0 Å². The summed E-state index contributed by atoms with van der Waals surface area (Å²) in [5.41, 5.74) is 2.21. The number of carbonyl (C=O) groups is 1. The van der Waals surface area contributed by atoms with Gasteiger partial charge in [-0.3, -0.25) is 0 Å². The van der Waals surface area contributed by atoms with Gasteiger partial charge in [0.15, 0.2) is 0 Å². The minimum Gasteiger partial charge on any atom is -0.478 e. The molecule has 0 aromatic heterocycles. The third-order valence-electron chi connectivity index (χ3n) is 3.19. The van der Waals surface area contributed by atoms with E-state index in [-0.39, 0.29) is 0 Å². The van der Waals surface area contributed by atoms with Crippen LogP contribution in [-0.4, -0.2) is 17.1 Å². The summed E-state index contributed by atoms with van der Waals surface area (Å²) in [5.74, 6) is -0.154. The number of anilines is 1. The van der Waals surface area contributed by atoms with E-state index in [1.807, 2.05) is 19.1 Å². The first kappa shape index (κ1) is 11.0. The molecule has 1 aliphatic rings. The fraction of sp³-hybridized carbons (Fsp3) is 0.462. The molecule has 1 aromatic carbocycles. The minimum absolute atomic E-state index is 0.368.